The van der Waals surface area contributed by atoms with Crippen LogP contribution < -0.4 is 16.4 Å². The molecule has 4 N–H and O–H groups in total. The Labute approximate surface area is 108 Å². The monoisotopic (exact) mass is 259 g/mol. The fourth-order valence-electron chi connectivity index (χ4n) is 1.22. The molecule has 0 saturated carbocycles. The normalized spacial score (nSPS) is 13.6. The van der Waals surface area contributed by atoms with Crippen molar-refractivity contribution in [3.63, 3.8) is 0 Å². The van der Waals surface area contributed by atoms with E-state index in [9.17, 15) is 9.59 Å². The summed E-state index contributed by atoms with van der Waals surface area (Å²) in [5.41, 5.74) is 4.72. The predicted molar refractivity (Wildman–Crippen MR) is 71.5 cm³/mol. The zero-order chi connectivity index (χ0) is 13.5. The summed E-state index contributed by atoms with van der Waals surface area (Å²) in [4.78, 5) is 23.2. The smallest absolute Gasteiger partial charge is 0.232 e. The van der Waals surface area contributed by atoms with E-state index in [2.05, 4.69) is 10.6 Å². The molecule has 5 nitrogen and oxygen atoms in total. The second-order valence-corrected chi connectivity index (χ2v) is 4.45. The molecule has 0 aromatic heterocycles. The van der Waals surface area contributed by atoms with Crippen LogP contribution in [0.4, 0.5) is 0 Å². The maximum Gasteiger partial charge on any atom is 0.232 e. The summed E-state index contributed by atoms with van der Waals surface area (Å²) in [5, 5.41) is 5.33. The maximum absolute atomic E-state index is 11.9. The van der Waals surface area contributed by atoms with E-state index in [4.69, 9.17) is 18.0 Å². The Morgan fingerprint density at radius 3 is 2.29 bits per heavy atom. The Kier molecular flexibility index (Phi) is 6.72. The SMILES string of the molecule is CCNC(=O)CCNC(=O)C(C)(CC)C(N)=S. The second-order valence-electron chi connectivity index (χ2n) is 4.01. The highest BCUT2D eigenvalue weighted by Crippen LogP contribution is 2.21. The highest BCUT2D eigenvalue weighted by Gasteiger charge is 2.34. The first-order valence-corrected chi connectivity index (χ1v) is 6.14. The minimum Gasteiger partial charge on any atom is -0.392 e. The first-order valence-electron chi connectivity index (χ1n) is 5.73. The van der Waals surface area contributed by atoms with Gasteiger partial charge in [0.2, 0.25) is 11.8 Å². The van der Waals surface area contributed by atoms with E-state index in [0.717, 1.165) is 0 Å². The molecule has 0 aliphatic heterocycles. The number of hydrogen-bond acceptors (Lipinski definition) is 3. The van der Waals surface area contributed by atoms with E-state index in [-0.39, 0.29) is 23.2 Å². The maximum atomic E-state index is 11.9. The van der Waals surface area contributed by atoms with Gasteiger partial charge in [-0.3, -0.25) is 9.59 Å². The lowest BCUT2D eigenvalue weighted by atomic mass is 9.86. The van der Waals surface area contributed by atoms with Gasteiger partial charge in [-0.25, -0.2) is 0 Å². The van der Waals surface area contributed by atoms with Gasteiger partial charge < -0.3 is 16.4 Å². The van der Waals surface area contributed by atoms with Gasteiger partial charge in [0.25, 0.3) is 0 Å². The molecule has 0 rings (SSSR count). The zero-order valence-corrected chi connectivity index (χ0v) is 11.4. The number of hydrogen-bond donors (Lipinski definition) is 3. The fraction of sp³-hybridized carbons (Fsp3) is 0.727. The Balaban J connectivity index is 4.18. The van der Waals surface area contributed by atoms with Gasteiger partial charge in [-0.15, -0.1) is 0 Å². The molecule has 6 heteroatoms. The minimum atomic E-state index is -0.837. The molecule has 2 amide bonds. The van der Waals surface area contributed by atoms with E-state index in [1.165, 1.54) is 0 Å². The van der Waals surface area contributed by atoms with Gasteiger partial charge >= 0.3 is 0 Å². The van der Waals surface area contributed by atoms with E-state index >= 15 is 0 Å². The van der Waals surface area contributed by atoms with E-state index < -0.39 is 5.41 Å². The number of amides is 2. The summed E-state index contributed by atoms with van der Waals surface area (Å²) in [6, 6.07) is 0. The van der Waals surface area contributed by atoms with Gasteiger partial charge in [0.05, 0.1) is 10.4 Å². The van der Waals surface area contributed by atoms with Crippen molar-refractivity contribution in [2.45, 2.75) is 33.6 Å². The van der Waals surface area contributed by atoms with Crippen LogP contribution in [0.5, 0.6) is 0 Å². The molecule has 0 aromatic carbocycles. The van der Waals surface area contributed by atoms with Crippen LogP contribution in [-0.4, -0.2) is 29.9 Å². The van der Waals surface area contributed by atoms with Crippen LogP contribution in [0.2, 0.25) is 0 Å². The quantitative estimate of drug-likeness (QED) is 0.575. The third-order valence-electron chi connectivity index (χ3n) is 2.76. The molecular weight excluding hydrogens is 238 g/mol. The fourth-order valence-corrected chi connectivity index (χ4v) is 1.45. The van der Waals surface area contributed by atoms with Crippen LogP contribution in [0.15, 0.2) is 0 Å². The van der Waals surface area contributed by atoms with Crippen molar-refractivity contribution in [3.8, 4) is 0 Å². The van der Waals surface area contributed by atoms with Gasteiger partial charge in [-0.1, -0.05) is 19.1 Å². The van der Waals surface area contributed by atoms with Crippen molar-refractivity contribution < 1.29 is 9.59 Å². The van der Waals surface area contributed by atoms with Crippen LogP contribution in [-0.2, 0) is 9.59 Å². The van der Waals surface area contributed by atoms with Crippen LogP contribution in [0.1, 0.15) is 33.6 Å². The summed E-state index contributed by atoms with van der Waals surface area (Å²) in [7, 11) is 0. The lowest BCUT2D eigenvalue weighted by molar-refractivity contribution is -0.127. The van der Waals surface area contributed by atoms with Gasteiger partial charge in [0, 0.05) is 19.5 Å². The van der Waals surface area contributed by atoms with Gasteiger partial charge in [-0.2, -0.15) is 0 Å². The van der Waals surface area contributed by atoms with Crippen molar-refractivity contribution in [1.82, 2.24) is 10.6 Å². The molecule has 0 radical (unpaired) electrons. The summed E-state index contributed by atoms with van der Waals surface area (Å²) in [6.45, 7) is 6.28. The molecule has 1 unspecified atom stereocenters. The molecule has 0 bridgehead atoms. The lowest BCUT2D eigenvalue weighted by Gasteiger charge is -2.25. The van der Waals surface area contributed by atoms with Crippen molar-refractivity contribution >= 4 is 29.0 Å². The van der Waals surface area contributed by atoms with Crippen molar-refractivity contribution in [2.24, 2.45) is 11.1 Å². The minimum absolute atomic E-state index is 0.0821. The second kappa shape index (κ2) is 7.21. The lowest BCUT2D eigenvalue weighted by Crippen LogP contribution is -2.47. The summed E-state index contributed by atoms with van der Waals surface area (Å²) < 4.78 is 0. The molecule has 0 saturated heterocycles. The third-order valence-corrected chi connectivity index (χ3v) is 3.21. The third kappa shape index (κ3) is 4.68. The van der Waals surface area contributed by atoms with E-state index in [1.54, 1.807) is 6.92 Å². The Hall–Kier alpha value is -1.17. The van der Waals surface area contributed by atoms with E-state index in [1.807, 2.05) is 13.8 Å². The molecule has 0 spiro atoms. The molecular formula is C11H21N3O2S. The first kappa shape index (κ1) is 15.8. The molecule has 0 fully saturated rings. The van der Waals surface area contributed by atoms with Crippen molar-refractivity contribution in [1.29, 1.82) is 0 Å². The average Bonchev–Trinajstić information content (AvgIpc) is 2.27. The van der Waals surface area contributed by atoms with Crippen molar-refractivity contribution in [3.05, 3.63) is 0 Å². The zero-order valence-electron chi connectivity index (χ0n) is 10.6. The molecule has 17 heavy (non-hydrogen) atoms. The highest BCUT2D eigenvalue weighted by atomic mass is 32.1. The topological polar surface area (TPSA) is 84.2 Å². The van der Waals surface area contributed by atoms with Crippen LogP contribution in [0.3, 0.4) is 0 Å². The van der Waals surface area contributed by atoms with Gasteiger partial charge in [-0.05, 0) is 20.3 Å². The number of nitrogens with one attached hydrogen (secondary N) is 2. The molecule has 0 aliphatic carbocycles. The van der Waals surface area contributed by atoms with Crippen LogP contribution >= 0.6 is 12.2 Å². The molecule has 0 aliphatic rings. The van der Waals surface area contributed by atoms with Crippen molar-refractivity contribution in [2.75, 3.05) is 13.1 Å². The Morgan fingerprint density at radius 2 is 1.88 bits per heavy atom. The highest BCUT2D eigenvalue weighted by molar-refractivity contribution is 7.80. The summed E-state index contributed by atoms with van der Waals surface area (Å²) in [6.07, 6.45) is 0.798. The largest absolute Gasteiger partial charge is 0.392 e. The molecule has 1 atom stereocenters. The van der Waals surface area contributed by atoms with Gasteiger partial charge in [0.1, 0.15) is 0 Å². The number of carbonyl (C=O) groups is 2. The molecule has 0 aromatic rings. The van der Waals surface area contributed by atoms with Crippen LogP contribution in [0.25, 0.3) is 0 Å². The standard InChI is InChI=1S/C11H21N3O2S/c1-4-11(3,9(12)17)10(16)14-7-6-8(15)13-5-2/h4-7H2,1-3H3,(H2,12,17)(H,13,15)(H,14,16). The van der Waals surface area contributed by atoms with Gasteiger partial charge in [0.15, 0.2) is 0 Å². The number of thiocarbonyl (C=S) groups is 1. The summed E-state index contributed by atoms with van der Waals surface area (Å²) in [5.74, 6) is -0.307. The number of carbonyl (C=O) groups excluding carboxylic acids is 2. The van der Waals surface area contributed by atoms with Crippen LogP contribution in [0, 0.1) is 5.41 Å². The average molecular weight is 259 g/mol. The Bertz CT molecular complexity index is 307. The number of rotatable bonds is 7. The molecule has 0 heterocycles. The first-order chi connectivity index (χ1) is 7.88. The predicted octanol–water partition coefficient (Wildman–Crippen LogP) is 0.331. The Morgan fingerprint density at radius 1 is 1.29 bits per heavy atom. The van der Waals surface area contributed by atoms with E-state index in [0.29, 0.717) is 19.5 Å². The number of nitrogens with two attached hydrogens (primary N) is 1. The molecule has 98 valence electrons. The summed E-state index contributed by atoms with van der Waals surface area (Å²) >= 11 is 4.89.